The molecule has 212 valence electrons. The van der Waals surface area contributed by atoms with Gasteiger partial charge in [-0.1, -0.05) is 12.1 Å². The Kier molecular flexibility index (Phi) is 7.75. The molecule has 3 aromatic rings. The minimum Gasteiger partial charge on any atom is -0.392 e. The zero-order valence-electron chi connectivity index (χ0n) is 22.7. The van der Waals surface area contributed by atoms with E-state index in [0.29, 0.717) is 37.1 Å². The van der Waals surface area contributed by atoms with E-state index in [4.69, 9.17) is 0 Å². The molecule has 0 unspecified atom stereocenters. The number of nitrogens with one attached hydrogen (secondary N) is 2. The first-order valence-corrected chi connectivity index (χ1v) is 13.7. The number of aliphatic hydroxyl groups excluding tert-OH is 1. The van der Waals surface area contributed by atoms with E-state index in [2.05, 4.69) is 10.6 Å². The maximum atomic E-state index is 15.2. The van der Waals surface area contributed by atoms with Gasteiger partial charge in [0.2, 0.25) is 0 Å². The molecule has 40 heavy (non-hydrogen) atoms. The molecule has 0 radical (unpaired) electrons. The molecule has 1 atom stereocenters. The topological polar surface area (TPSA) is 126 Å². The predicted molar refractivity (Wildman–Crippen MR) is 149 cm³/mol. The van der Waals surface area contributed by atoms with Crippen LogP contribution in [0.25, 0.3) is 10.9 Å². The fraction of sp³-hybridized carbons (Fsp3) is 0.448. The Balaban J connectivity index is 1.34. The Labute approximate surface area is 230 Å². The number of hydrogen-bond donors (Lipinski definition) is 3. The Hall–Kier alpha value is -3.99. The van der Waals surface area contributed by atoms with Crippen LogP contribution in [0.3, 0.4) is 0 Å². The highest BCUT2D eigenvalue weighted by Gasteiger charge is 2.28. The van der Waals surface area contributed by atoms with Crippen molar-refractivity contribution in [2.45, 2.75) is 64.8 Å². The summed E-state index contributed by atoms with van der Waals surface area (Å²) in [7, 11) is 0. The van der Waals surface area contributed by atoms with Gasteiger partial charge in [0.1, 0.15) is 5.82 Å². The molecular formula is C29H34FN5O5. The smallest absolute Gasteiger partial charge is 0.331 e. The molecular weight excluding hydrogens is 517 g/mol. The molecule has 5 rings (SSSR count). The lowest BCUT2D eigenvalue weighted by atomic mass is 10.0. The molecule has 2 aliphatic rings. The van der Waals surface area contributed by atoms with Gasteiger partial charge in [-0.15, -0.1) is 0 Å². The van der Waals surface area contributed by atoms with Crippen LogP contribution in [0.15, 0.2) is 46.0 Å². The number of urea groups is 1. The maximum absolute atomic E-state index is 15.2. The van der Waals surface area contributed by atoms with Crippen LogP contribution in [0.4, 0.5) is 14.9 Å². The number of amides is 3. The summed E-state index contributed by atoms with van der Waals surface area (Å²) in [4.78, 5) is 53.7. The van der Waals surface area contributed by atoms with Crippen molar-refractivity contribution in [1.29, 1.82) is 0 Å². The van der Waals surface area contributed by atoms with E-state index in [1.165, 1.54) is 20.1 Å². The number of anilines is 1. The third-order valence-corrected chi connectivity index (χ3v) is 7.60. The molecule has 1 aliphatic carbocycles. The Morgan fingerprint density at radius 3 is 2.48 bits per heavy atom. The largest absolute Gasteiger partial charge is 0.392 e. The van der Waals surface area contributed by atoms with Crippen molar-refractivity contribution in [3.8, 4) is 0 Å². The van der Waals surface area contributed by atoms with Crippen molar-refractivity contribution in [2.24, 2.45) is 5.92 Å². The van der Waals surface area contributed by atoms with Gasteiger partial charge >= 0.3 is 11.7 Å². The molecule has 1 aliphatic heterocycles. The first kappa shape index (κ1) is 27.6. The quantitative estimate of drug-likeness (QED) is 0.416. The molecule has 0 bridgehead atoms. The number of rotatable bonds is 7. The summed E-state index contributed by atoms with van der Waals surface area (Å²) in [5.41, 5.74) is 0.252. The molecule has 2 heterocycles. The molecule has 0 spiro atoms. The fourth-order valence-corrected chi connectivity index (χ4v) is 5.22. The summed E-state index contributed by atoms with van der Waals surface area (Å²) in [6.07, 6.45) is 3.25. The monoisotopic (exact) mass is 551 g/mol. The summed E-state index contributed by atoms with van der Waals surface area (Å²) < 4.78 is 17.9. The van der Waals surface area contributed by atoms with Crippen LogP contribution >= 0.6 is 0 Å². The van der Waals surface area contributed by atoms with Gasteiger partial charge in [0.05, 0.1) is 23.2 Å². The number of carbonyl (C=O) groups is 2. The second-order valence-corrected chi connectivity index (χ2v) is 11.0. The number of aliphatic hydroxyl groups is 1. The highest BCUT2D eigenvalue weighted by atomic mass is 19.1. The number of fused-ring (bicyclic) bond motifs is 1. The van der Waals surface area contributed by atoms with Crippen molar-refractivity contribution in [1.82, 2.24) is 19.4 Å². The molecule has 10 nitrogen and oxygen atoms in total. The van der Waals surface area contributed by atoms with Gasteiger partial charge in [0.15, 0.2) is 0 Å². The first-order chi connectivity index (χ1) is 19.2. The SMILES string of the molecule is CC(C)n1c(=O)n(CC2CC2)c(=O)c2cc(NC(=O)N3CCC[C@@H](NC(=O)c4ccc(CO)cc4)C3)c(F)cc21. The minimum absolute atomic E-state index is 0.111. The Morgan fingerprint density at radius 2 is 1.82 bits per heavy atom. The zero-order valence-corrected chi connectivity index (χ0v) is 22.7. The van der Waals surface area contributed by atoms with Crippen molar-refractivity contribution in [3.05, 3.63) is 74.2 Å². The van der Waals surface area contributed by atoms with Crippen LogP contribution in [0.5, 0.6) is 0 Å². The second kappa shape index (κ2) is 11.2. The van der Waals surface area contributed by atoms with Crippen LogP contribution in [0, 0.1) is 11.7 Å². The average molecular weight is 552 g/mol. The molecule has 1 saturated carbocycles. The Bertz CT molecular complexity index is 1560. The van der Waals surface area contributed by atoms with Gasteiger partial charge < -0.3 is 20.6 Å². The van der Waals surface area contributed by atoms with Crippen LogP contribution < -0.4 is 21.9 Å². The standard InChI is InChI=1S/C29H34FN5O5/c1-17(2)35-25-13-23(30)24(12-22(25)27(38)34(29(35)40)14-18-5-6-18)32-28(39)33-11-3-4-21(15-33)31-26(37)20-9-7-19(16-36)8-10-20/h7-10,12-13,17-18,21,36H,3-6,11,14-16H2,1-2H3,(H,31,37)(H,32,39)/t21-/m1/s1. The normalized spacial score (nSPS) is 17.3. The zero-order chi connectivity index (χ0) is 28.6. The molecule has 2 aromatic carbocycles. The number of likely N-dealkylation sites (tertiary alicyclic amines) is 1. The molecule has 3 N–H and O–H groups in total. The lowest BCUT2D eigenvalue weighted by molar-refractivity contribution is 0.0913. The molecule has 2 fully saturated rings. The summed E-state index contributed by atoms with van der Waals surface area (Å²) in [5.74, 6) is -0.742. The van der Waals surface area contributed by atoms with Crippen LogP contribution in [0.1, 0.15) is 61.5 Å². The maximum Gasteiger partial charge on any atom is 0.331 e. The number of benzene rings is 2. The van der Waals surface area contributed by atoms with Crippen molar-refractivity contribution < 1.29 is 19.1 Å². The van der Waals surface area contributed by atoms with E-state index in [9.17, 15) is 24.3 Å². The van der Waals surface area contributed by atoms with E-state index in [-0.39, 0.29) is 53.7 Å². The molecule has 3 amide bonds. The highest BCUT2D eigenvalue weighted by molar-refractivity contribution is 5.95. The summed E-state index contributed by atoms with van der Waals surface area (Å²) in [6, 6.07) is 7.93. The molecule has 1 saturated heterocycles. The summed E-state index contributed by atoms with van der Waals surface area (Å²) >= 11 is 0. The average Bonchev–Trinajstić information content (AvgIpc) is 3.76. The van der Waals surface area contributed by atoms with Crippen LogP contribution in [-0.4, -0.2) is 50.2 Å². The van der Waals surface area contributed by atoms with Crippen molar-refractivity contribution in [3.63, 3.8) is 0 Å². The third-order valence-electron chi connectivity index (χ3n) is 7.60. The number of hydrogen-bond acceptors (Lipinski definition) is 5. The lowest BCUT2D eigenvalue weighted by Crippen LogP contribution is -2.50. The lowest BCUT2D eigenvalue weighted by Gasteiger charge is -2.33. The fourth-order valence-electron chi connectivity index (χ4n) is 5.22. The van der Waals surface area contributed by atoms with Crippen molar-refractivity contribution in [2.75, 3.05) is 18.4 Å². The van der Waals surface area contributed by atoms with E-state index < -0.39 is 23.1 Å². The minimum atomic E-state index is -0.748. The highest BCUT2D eigenvalue weighted by Crippen LogP contribution is 2.30. The number of halogens is 1. The van der Waals surface area contributed by atoms with E-state index in [1.54, 1.807) is 38.1 Å². The van der Waals surface area contributed by atoms with Crippen molar-refractivity contribution >= 4 is 28.5 Å². The van der Waals surface area contributed by atoms with Crippen LogP contribution in [-0.2, 0) is 13.2 Å². The van der Waals surface area contributed by atoms with Crippen LogP contribution in [0.2, 0.25) is 0 Å². The van der Waals surface area contributed by atoms with E-state index >= 15 is 4.39 Å². The number of aromatic nitrogens is 2. The predicted octanol–water partition coefficient (Wildman–Crippen LogP) is 3.21. The van der Waals surface area contributed by atoms with Gasteiger partial charge in [0.25, 0.3) is 11.5 Å². The summed E-state index contributed by atoms with van der Waals surface area (Å²) in [5, 5.41) is 14.9. The molecule has 1 aromatic heterocycles. The summed E-state index contributed by atoms with van der Waals surface area (Å²) in [6.45, 7) is 4.49. The second-order valence-electron chi connectivity index (χ2n) is 11.0. The molecule has 11 heteroatoms. The van der Waals surface area contributed by atoms with E-state index in [1.807, 2.05) is 0 Å². The van der Waals surface area contributed by atoms with Gasteiger partial charge in [-0.3, -0.25) is 18.7 Å². The first-order valence-electron chi connectivity index (χ1n) is 13.7. The van der Waals surface area contributed by atoms with Gasteiger partial charge in [0, 0.05) is 43.3 Å². The third kappa shape index (κ3) is 5.65. The number of nitrogens with zero attached hydrogens (tertiary/aromatic N) is 3. The number of piperidine rings is 1. The van der Waals surface area contributed by atoms with Gasteiger partial charge in [-0.05, 0) is 69.2 Å². The Morgan fingerprint density at radius 1 is 1.10 bits per heavy atom. The van der Waals surface area contributed by atoms with Gasteiger partial charge in [-0.25, -0.2) is 14.0 Å². The number of carbonyl (C=O) groups excluding carboxylic acids is 2. The van der Waals surface area contributed by atoms with E-state index in [0.717, 1.165) is 18.9 Å². The van der Waals surface area contributed by atoms with Gasteiger partial charge in [-0.2, -0.15) is 0 Å².